The number of ketones is 1. The number of benzene rings is 1. The standard InChI is InChI=1S/C23H22F3N3O4/c1-6-22(10-33-11-22)28-21(32)19(30)17-13(3)18(29(5)14(17)4)20(31)27-15-8-7-12(2)16(9-15)23(24,25)26/h1,7-9H,10-11H2,2-5H3,(H,27,31)(H,28,32). The summed E-state index contributed by atoms with van der Waals surface area (Å²) in [6.45, 7) is 4.53. The first-order valence-electron chi connectivity index (χ1n) is 9.88. The summed E-state index contributed by atoms with van der Waals surface area (Å²) in [6.07, 6.45) is 0.847. The van der Waals surface area contributed by atoms with E-state index < -0.39 is 34.9 Å². The van der Waals surface area contributed by atoms with Gasteiger partial charge in [-0.1, -0.05) is 12.0 Å². The van der Waals surface area contributed by atoms with Crippen LogP contribution in [0.1, 0.15) is 43.2 Å². The summed E-state index contributed by atoms with van der Waals surface area (Å²) in [6, 6.07) is 3.46. The third-order valence-corrected chi connectivity index (χ3v) is 5.71. The van der Waals surface area contributed by atoms with Crippen LogP contribution in [0.2, 0.25) is 0 Å². The molecule has 2 aromatic rings. The Kier molecular flexibility index (Phi) is 6.13. The van der Waals surface area contributed by atoms with Crippen LogP contribution in [0.3, 0.4) is 0 Å². The second-order valence-electron chi connectivity index (χ2n) is 7.98. The second-order valence-corrected chi connectivity index (χ2v) is 7.98. The number of aromatic nitrogens is 1. The van der Waals surface area contributed by atoms with E-state index >= 15 is 0 Å². The van der Waals surface area contributed by atoms with Crippen LogP contribution in [0, 0.1) is 33.1 Å². The van der Waals surface area contributed by atoms with Crippen LogP contribution in [0.25, 0.3) is 0 Å². The molecule has 1 aromatic heterocycles. The van der Waals surface area contributed by atoms with Crippen LogP contribution in [-0.4, -0.2) is 40.9 Å². The maximum Gasteiger partial charge on any atom is 0.416 e. The van der Waals surface area contributed by atoms with Crippen molar-refractivity contribution in [1.82, 2.24) is 9.88 Å². The Morgan fingerprint density at radius 3 is 2.33 bits per heavy atom. The van der Waals surface area contributed by atoms with Crippen molar-refractivity contribution in [3.63, 3.8) is 0 Å². The molecule has 1 saturated heterocycles. The smallest absolute Gasteiger partial charge is 0.374 e. The SMILES string of the molecule is C#CC1(NC(=O)C(=O)c2c(C)c(C(=O)Nc3ccc(C)c(C(F)(F)F)c3)n(C)c2C)COC1. The molecular formula is C23H22F3N3O4. The van der Waals surface area contributed by atoms with Gasteiger partial charge in [0.1, 0.15) is 11.2 Å². The topological polar surface area (TPSA) is 89.4 Å². The summed E-state index contributed by atoms with van der Waals surface area (Å²) in [5.41, 5.74) is -1.33. The zero-order valence-corrected chi connectivity index (χ0v) is 18.4. The molecule has 0 unspecified atom stereocenters. The van der Waals surface area contributed by atoms with E-state index in [1.54, 1.807) is 6.92 Å². The van der Waals surface area contributed by atoms with Gasteiger partial charge in [-0.05, 0) is 44.0 Å². The molecule has 33 heavy (non-hydrogen) atoms. The first-order valence-corrected chi connectivity index (χ1v) is 9.88. The number of aryl methyl sites for hydroxylation is 1. The third-order valence-electron chi connectivity index (χ3n) is 5.71. The number of hydrogen-bond donors (Lipinski definition) is 2. The van der Waals surface area contributed by atoms with E-state index in [0.717, 1.165) is 6.07 Å². The van der Waals surface area contributed by atoms with Crippen molar-refractivity contribution >= 4 is 23.3 Å². The number of nitrogens with zero attached hydrogens (tertiary/aromatic N) is 1. The summed E-state index contributed by atoms with van der Waals surface area (Å²) in [4.78, 5) is 38.3. The molecule has 2 N–H and O–H groups in total. The lowest BCUT2D eigenvalue weighted by Crippen LogP contribution is -2.62. The summed E-state index contributed by atoms with van der Waals surface area (Å²) in [5, 5.41) is 4.93. The Labute approximate surface area is 188 Å². The maximum absolute atomic E-state index is 13.2. The van der Waals surface area contributed by atoms with Gasteiger partial charge in [0.25, 0.3) is 17.6 Å². The molecule has 0 aliphatic carbocycles. The molecule has 0 atom stereocenters. The molecule has 174 valence electrons. The first kappa shape index (κ1) is 24.1. The third kappa shape index (κ3) is 4.36. The zero-order chi connectivity index (χ0) is 24.7. The quantitative estimate of drug-likeness (QED) is 0.407. The second kappa shape index (κ2) is 8.41. The Morgan fingerprint density at radius 2 is 1.82 bits per heavy atom. The maximum atomic E-state index is 13.2. The molecule has 2 heterocycles. The van der Waals surface area contributed by atoms with E-state index in [1.807, 2.05) is 0 Å². The molecule has 0 bridgehead atoms. The highest BCUT2D eigenvalue weighted by atomic mass is 19.4. The Balaban J connectivity index is 1.89. The highest BCUT2D eigenvalue weighted by molar-refractivity contribution is 6.44. The number of carbonyl (C=O) groups excluding carboxylic acids is 3. The van der Waals surface area contributed by atoms with Gasteiger partial charge in [0.05, 0.1) is 24.3 Å². The number of hydrogen-bond acceptors (Lipinski definition) is 4. The van der Waals surface area contributed by atoms with Crippen molar-refractivity contribution in [2.45, 2.75) is 32.5 Å². The van der Waals surface area contributed by atoms with Crippen molar-refractivity contribution in [3.8, 4) is 12.3 Å². The number of Topliss-reactive ketones (excluding diaryl/α,β-unsaturated/α-hetero) is 1. The first-order chi connectivity index (χ1) is 15.3. The van der Waals surface area contributed by atoms with Gasteiger partial charge in [-0.2, -0.15) is 13.2 Å². The summed E-state index contributed by atoms with van der Waals surface area (Å²) in [5.74, 6) is -0.132. The van der Waals surface area contributed by atoms with E-state index in [1.165, 1.54) is 37.6 Å². The molecule has 1 aromatic carbocycles. The zero-order valence-electron chi connectivity index (χ0n) is 18.4. The molecular weight excluding hydrogens is 439 g/mol. The van der Waals surface area contributed by atoms with Crippen LogP contribution in [-0.2, 0) is 22.8 Å². The van der Waals surface area contributed by atoms with E-state index in [2.05, 4.69) is 16.6 Å². The summed E-state index contributed by atoms with van der Waals surface area (Å²) in [7, 11) is 1.52. The molecule has 1 aliphatic rings. The van der Waals surface area contributed by atoms with Gasteiger partial charge in [0, 0.05) is 18.4 Å². The summed E-state index contributed by atoms with van der Waals surface area (Å²) >= 11 is 0. The van der Waals surface area contributed by atoms with Crippen LogP contribution in [0.15, 0.2) is 18.2 Å². The Bertz CT molecular complexity index is 1200. The Morgan fingerprint density at radius 1 is 1.18 bits per heavy atom. The molecule has 7 nitrogen and oxygen atoms in total. The molecule has 0 radical (unpaired) electrons. The number of alkyl halides is 3. The fourth-order valence-corrected chi connectivity index (χ4v) is 3.71. The highest BCUT2D eigenvalue weighted by Gasteiger charge is 2.40. The van der Waals surface area contributed by atoms with Crippen LogP contribution in [0.4, 0.5) is 18.9 Å². The van der Waals surface area contributed by atoms with Gasteiger partial charge >= 0.3 is 6.18 Å². The number of rotatable bonds is 5. The normalized spacial score (nSPS) is 14.7. The van der Waals surface area contributed by atoms with Gasteiger partial charge in [0.15, 0.2) is 0 Å². The largest absolute Gasteiger partial charge is 0.416 e. The number of amides is 2. The van der Waals surface area contributed by atoms with Gasteiger partial charge in [0.2, 0.25) is 0 Å². The van der Waals surface area contributed by atoms with Crippen molar-refractivity contribution in [2.75, 3.05) is 18.5 Å². The van der Waals surface area contributed by atoms with Gasteiger partial charge < -0.3 is 19.9 Å². The van der Waals surface area contributed by atoms with E-state index in [9.17, 15) is 27.6 Å². The van der Waals surface area contributed by atoms with Gasteiger partial charge in [-0.25, -0.2) is 0 Å². The number of carbonyl (C=O) groups is 3. The Hall–Kier alpha value is -3.58. The van der Waals surface area contributed by atoms with E-state index in [4.69, 9.17) is 11.2 Å². The van der Waals surface area contributed by atoms with E-state index in [-0.39, 0.29) is 41.3 Å². The average Bonchev–Trinajstić information content (AvgIpc) is 2.93. The number of ether oxygens (including phenoxy) is 1. The van der Waals surface area contributed by atoms with Crippen molar-refractivity contribution in [1.29, 1.82) is 0 Å². The molecule has 0 spiro atoms. The summed E-state index contributed by atoms with van der Waals surface area (Å²) < 4.78 is 46.0. The predicted molar refractivity (Wildman–Crippen MR) is 114 cm³/mol. The fraction of sp³-hybridized carbons (Fsp3) is 0.348. The minimum absolute atomic E-state index is 0.0203. The van der Waals surface area contributed by atoms with E-state index in [0.29, 0.717) is 5.69 Å². The predicted octanol–water partition coefficient (Wildman–Crippen LogP) is 2.92. The fourth-order valence-electron chi connectivity index (χ4n) is 3.71. The number of nitrogens with one attached hydrogen (secondary N) is 2. The number of terminal acetylenes is 1. The van der Waals surface area contributed by atoms with Crippen LogP contribution >= 0.6 is 0 Å². The molecule has 0 saturated carbocycles. The number of halogens is 3. The molecule has 2 amide bonds. The van der Waals surface area contributed by atoms with Crippen LogP contribution in [0.5, 0.6) is 0 Å². The van der Waals surface area contributed by atoms with Gasteiger partial charge in [-0.3, -0.25) is 14.4 Å². The lowest BCUT2D eigenvalue weighted by atomic mass is 9.97. The molecule has 1 fully saturated rings. The number of anilines is 1. The lowest BCUT2D eigenvalue weighted by Gasteiger charge is -2.37. The lowest BCUT2D eigenvalue weighted by molar-refractivity contribution is -0.138. The van der Waals surface area contributed by atoms with Crippen molar-refractivity contribution in [2.24, 2.45) is 7.05 Å². The minimum atomic E-state index is -4.57. The highest BCUT2D eigenvalue weighted by Crippen LogP contribution is 2.33. The van der Waals surface area contributed by atoms with Crippen molar-refractivity contribution in [3.05, 3.63) is 51.8 Å². The average molecular weight is 461 g/mol. The molecule has 10 heteroatoms. The molecule has 3 rings (SSSR count). The monoisotopic (exact) mass is 461 g/mol. The molecule has 1 aliphatic heterocycles. The van der Waals surface area contributed by atoms with Crippen molar-refractivity contribution < 1.29 is 32.3 Å². The van der Waals surface area contributed by atoms with Gasteiger partial charge in [-0.15, -0.1) is 6.42 Å². The minimum Gasteiger partial charge on any atom is -0.374 e. The van der Waals surface area contributed by atoms with Crippen LogP contribution < -0.4 is 10.6 Å².